The lowest BCUT2D eigenvalue weighted by Crippen LogP contribution is -2.41. The van der Waals surface area contributed by atoms with Crippen LogP contribution in [0.15, 0.2) is 54.6 Å². The van der Waals surface area contributed by atoms with Crippen LogP contribution in [-0.4, -0.2) is 37.1 Å². The molecule has 1 atom stereocenters. The van der Waals surface area contributed by atoms with Crippen molar-refractivity contribution < 1.29 is 23.4 Å². The van der Waals surface area contributed by atoms with E-state index >= 15 is 4.39 Å². The van der Waals surface area contributed by atoms with E-state index in [2.05, 4.69) is 0 Å². The van der Waals surface area contributed by atoms with Crippen molar-refractivity contribution >= 4 is 40.7 Å². The molecule has 2 aliphatic rings. The van der Waals surface area contributed by atoms with Crippen molar-refractivity contribution in [2.45, 2.75) is 5.79 Å². The van der Waals surface area contributed by atoms with Gasteiger partial charge in [-0.1, -0.05) is 34.8 Å². The molecule has 1 fully saturated rings. The van der Waals surface area contributed by atoms with E-state index in [1.54, 1.807) is 47.4 Å². The molecule has 1 saturated heterocycles. The molecule has 0 unspecified atom stereocenters. The molecule has 33 heavy (non-hydrogen) atoms. The van der Waals surface area contributed by atoms with E-state index in [1.165, 1.54) is 6.07 Å². The Hall–Kier alpha value is -2.51. The second-order valence-corrected chi connectivity index (χ2v) is 8.92. The van der Waals surface area contributed by atoms with Gasteiger partial charge in [-0.05, 0) is 48.5 Å². The first-order chi connectivity index (χ1) is 15.9. The molecule has 3 aromatic carbocycles. The average Bonchev–Trinajstić information content (AvgIpc) is 3.18. The molecule has 0 aromatic heterocycles. The Morgan fingerprint density at radius 1 is 0.879 bits per heavy atom. The number of hydrogen-bond acceptors (Lipinski definition) is 4. The number of morpholine rings is 1. The van der Waals surface area contributed by atoms with Crippen molar-refractivity contribution in [3.8, 4) is 11.5 Å². The number of amides is 1. The third-order valence-electron chi connectivity index (χ3n) is 5.58. The highest BCUT2D eigenvalue weighted by atomic mass is 35.5. The third-order valence-corrected chi connectivity index (χ3v) is 6.38. The normalized spacial score (nSPS) is 19.6. The van der Waals surface area contributed by atoms with E-state index in [0.29, 0.717) is 52.5 Å². The summed E-state index contributed by atoms with van der Waals surface area (Å²) in [5.74, 6) is -2.30. The van der Waals surface area contributed by atoms with E-state index in [1.807, 2.05) is 0 Å². The molecule has 5 nitrogen and oxygen atoms in total. The molecule has 3 aromatic rings. The van der Waals surface area contributed by atoms with Crippen LogP contribution in [0.3, 0.4) is 0 Å². The molecule has 1 amide bonds. The minimum atomic E-state index is -1.53. The standard InChI is InChI=1S/C24H17Cl3FNO4/c25-15-3-1-14(2-4-15)24(18-6-5-16(26)11-19(18)27)32-21-12-17(20(28)13-22(21)33-24)23(30)29-7-9-31-10-8-29/h1-6,11-13H,7-10H2/t24-/m1/s1. The van der Waals surface area contributed by atoms with Crippen molar-refractivity contribution in [3.63, 3.8) is 0 Å². The van der Waals surface area contributed by atoms with Gasteiger partial charge in [0.15, 0.2) is 11.5 Å². The number of carbonyl (C=O) groups is 1. The van der Waals surface area contributed by atoms with Crippen LogP contribution in [0, 0.1) is 5.82 Å². The molecule has 2 heterocycles. The quantitative estimate of drug-likeness (QED) is 0.440. The second kappa shape index (κ2) is 8.69. The van der Waals surface area contributed by atoms with Gasteiger partial charge in [0.25, 0.3) is 5.91 Å². The van der Waals surface area contributed by atoms with Gasteiger partial charge in [-0.15, -0.1) is 0 Å². The number of fused-ring (bicyclic) bond motifs is 1. The summed E-state index contributed by atoms with van der Waals surface area (Å²) in [6.07, 6.45) is 0. The predicted molar refractivity (Wildman–Crippen MR) is 123 cm³/mol. The fourth-order valence-electron chi connectivity index (χ4n) is 3.93. The molecular weight excluding hydrogens is 492 g/mol. The van der Waals surface area contributed by atoms with Crippen LogP contribution in [0.25, 0.3) is 0 Å². The van der Waals surface area contributed by atoms with Gasteiger partial charge >= 0.3 is 5.79 Å². The highest BCUT2D eigenvalue weighted by Gasteiger charge is 2.47. The highest BCUT2D eigenvalue weighted by Crippen LogP contribution is 2.50. The number of hydrogen-bond donors (Lipinski definition) is 0. The van der Waals surface area contributed by atoms with Gasteiger partial charge in [-0.25, -0.2) is 4.39 Å². The summed E-state index contributed by atoms with van der Waals surface area (Å²) in [7, 11) is 0. The zero-order chi connectivity index (χ0) is 23.2. The molecule has 170 valence electrons. The number of nitrogens with zero attached hydrogens (tertiary/aromatic N) is 1. The van der Waals surface area contributed by atoms with Gasteiger partial charge in [-0.2, -0.15) is 0 Å². The van der Waals surface area contributed by atoms with E-state index in [0.717, 1.165) is 6.07 Å². The maximum atomic E-state index is 15.0. The summed E-state index contributed by atoms with van der Waals surface area (Å²) < 4.78 is 32.8. The molecular formula is C24H17Cl3FNO4. The molecule has 0 bridgehead atoms. The number of halogens is 4. The summed E-state index contributed by atoms with van der Waals surface area (Å²) in [5.41, 5.74) is 0.940. The van der Waals surface area contributed by atoms with Gasteiger partial charge in [0.05, 0.1) is 29.4 Å². The lowest BCUT2D eigenvalue weighted by molar-refractivity contribution is -0.0458. The first kappa shape index (κ1) is 22.3. The van der Waals surface area contributed by atoms with Crippen molar-refractivity contribution in [1.29, 1.82) is 0 Å². The van der Waals surface area contributed by atoms with Crippen molar-refractivity contribution in [2.75, 3.05) is 26.3 Å². The Morgan fingerprint density at radius 2 is 1.52 bits per heavy atom. The number of rotatable bonds is 3. The van der Waals surface area contributed by atoms with Gasteiger partial charge in [0.2, 0.25) is 0 Å². The smallest absolute Gasteiger partial charge is 0.307 e. The first-order valence-electron chi connectivity index (χ1n) is 10.2. The van der Waals surface area contributed by atoms with Crippen LogP contribution in [0.1, 0.15) is 21.5 Å². The van der Waals surface area contributed by atoms with Gasteiger partial charge < -0.3 is 19.1 Å². The molecule has 0 radical (unpaired) electrons. The Labute approximate surface area is 204 Å². The zero-order valence-electron chi connectivity index (χ0n) is 17.1. The van der Waals surface area contributed by atoms with Crippen LogP contribution < -0.4 is 9.47 Å². The number of ether oxygens (including phenoxy) is 3. The predicted octanol–water partition coefficient (Wildman–Crippen LogP) is 5.93. The zero-order valence-corrected chi connectivity index (χ0v) is 19.4. The minimum Gasteiger partial charge on any atom is -0.440 e. The Balaban J connectivity index is 1.59. The van der Waals surface area contributed by atoms with Crippen LogP contribution in [0.4, 0.5) is 4.39 Å². The minimum absolute atomic E-state index is 0.103. The fraction of sp³-hybridized carbons (Fsp3) is 0.208. The summed E-state index contributed by atoms with van der Waals surface area (Å²) in [6.45, 7) is 1.60. The lowest BCUT2D eigenvalue weighted by Gasteiger charge is -2.29. The van der Waals surface area contributed by atoms with Crippen LogP contribution >= 0.6 is 34.8 Å². The monoisotopic (exact) mass is 507 g/mol. The third kappa shape index (κ3) is 4.02. The first-order valence-corrected chi connectivity index (χ1v) is 11.3. The maximum absolute atomic E-state index is 15.0. The van der Waals surface area contributed by atoms with E-state index < -0.39 is 17.5 Å². The molecule has 5 rings (SSSR count). The average molecular weight is 509 g/mol. The molecule has 0 spiro atoms. The molecule has 0 saturated carbocycles. The lowest BCUT2D eigenvalue weighted by atomic mass is 9.97. The number of carbonyl (C=O) groups excluding carboxylic acids is 1. The van der Waals surface area contributed by atoms with Crippen molar-refractivity contribution in [3.05, 3.63) is 92.2 Å². The Morgan fingerprint density at radius 3 is 2.18 bits per heavy atom. The topological polar surface area (TPSA) is 48.0 Å². The maximum Gasteiger partial charge on any atom is 0.307 e. The SMILES string of the molecule is O=C(c1cc2c(cc1F)O[C@](c1ccc(Cl)cc1)(c1ccc(Cl)cc1Cl)O2)N1CCOCC1. The number of benzene rings is 3. The summed E-state index contributed by atoms with van der Waals surface area (Å²) in [5, 5.41) is 1.27. The van der Waals surface area contributed by atoms with Crippen LogP contribution in [-0.2, 0) is 10.5 Å². The summed E-state index contributed by atoms with van der Waals surface area (Å²) >= 11 is 18.7. The summed E-state index contributed by atoms with van der Waals surface area (Å²) in [4.78, 5) is 14.5. The molecule has 0 aliphatic carbocycles. The second-order valence-electron chi connectivity index (χ2n) is 7.64. The highest BCUT2D eigenvalue weighted by molar-refractivity contribution is 6.35. The largest absolute Gasteiger partial charge is 0.440 e. The van der Waals surface area contributed by atoms with Gasteiger partial charge in [0, 0.05) is 34.8 Å². The van der Waals surface area contributed by atoms with E-state index in [-0.39, 0.29) is 17.1 Å². The van der Waals surface area contributed by atoms with Crippen molar-refractivity contribution in [2.24, 2.45) is 0 Å². The van der Waals surface area contributed by atoms with Crippen molar-refractivity contribution in [1.82, 2.24) is 4.90 Å². The van der Waals surface area contributed by atoms with E-state index in [4.69, 9.17) is 49.0 Å². The summed E-state index contributed by atoms with van der Waals surface area (Å²) in [6, 6.07) is 14.3. The Kier molecular flexibility index (Phi) is 5.87. The Bertz CT molecular complexity index is 1230. The molecule has 2 aliphatic heterocycles. The molecule has 0 N–H and O–H groups in total. The van der Waals surface area contributed by atoms with Gasteiger partial charge in [-0.3, -0.25) is 4.79 Å². The van der Waals surface area contributed by atoms with Crippen LogP contribution in [0.5, 0.6) is 11.5 Å². The van der Waals surface area contributed by atoms with Crippen LogP contribution in [0.2, 0.25) is 15.1 Å². The van der Waals surface area contributed by atoms with E-state index in [9.17, 15) is 4.79 Å². The molecule has 9 heteroatoms. The fourth-order valence-corrected chi connectivity index (χ4v) is 4.59. The van der Waals surface area contributed by atoms with Gasteiger partial charge in [0.1, 0.15) is 5.82 Å².